The summed E-state index contributed by atoms with van der Waals surface area (Å²) < 4.78 is 0. The molecule has 52 valence electrons. The van der Waals surface area contributed by atoms with Gasteiger partial charge in [-0.15, -0.1) is 0 Å². The van der Waals surface area contributed by atoms with Gasteiger partial charge in [0.05, 0.1) is 4.91 Å². The monoisotopic (exact) mass is 137 g/mol. The van der Waals surface area contributed by atoms with Crippen molar-refractivity contribution in [1.82, 2.24) is 0 Å². The largest absolute Gasteiger partial charge is 0.291 e. The first-order valence-corrected chi connectivity index (χ1v) is 2.99. The lowest BCUT2D eigenvalue weighted by atomic mass is 10.2. The van der Waals surface area contributed by atoms with Crippen molar-refractivity contribution in [1.29, 1.82) is 0 Å². The Bertz CT molecular complexity index is 240. The Balaban J connectivity index is 3.00. The summed E-state index contributed by atoms with van der Waals surface area (Å²) in [6.45, 7) is 1.95. The van der Waals surface area contributed by atoms with E-state index in [4.69, 9.17) is 5.84 Å². The number of hydrogen-bond acceptors (Lipinski definition) is 1. The van der Waals surface area contributed by atoms with Crippen molar-refractivity contribution in [2.45, 2.75) is 6.92 Å². The zero-order valence-electron chi connectivity index (χ0n) is 5.74. The molecule has 10 heavy (non-hydrogen) atoms. The maximum absolute atomic E-state index is 10.5. The van der Waals surface area contributed by atoms with Crippen molar-refractivity contribution in [3.05, 3.63) is 34.7 Å². The van der Waals surface area contributed by atoms with Crippen LogP contribution in [0.5, 0.6) is 0 Å². The molecule has 2 N–H and O–H groups in total. The van der Waals surface area contributed by atoms with Crippen LogP contribution in [0.2, 0.25) is 0 Å². The highest BCUT2D eigenvalue weighted by Crippen LogP contribution is 2.08. The number of aryl methyl sites for hydroxylation is 1. The second kappa shape index (κ2) is 2.47. The fourth-order valence-electron chi connectivity index (χ4n) is 0.692. The lowest BCUT2D eigenvalue weighted by Crippen LogP contribution is -2.08. The van der Waals surface area contributed by atoms with Crippen LogP contribution >= 0.6 is 0 Å². The highest BCUT2D eigenvalue weighted by molar-refractivity contribution is 5.31. The molecule has 3 nitrogen and oxygen atoms in total. The zero-order valence-corrected chi connectivity index (χ0v) is 5.74. The first-order chi connectivity index (χ1) is 4.70. The molecule has 0 aliphatic carbocycles. The summed E-state index contributed by atoms with van der Waals surface area (Å²) in [5.74, 6) is 4.94. The maximum atomic E-state index is 10.5. The minimum atomic E-state index is 0.347. The number of benzene rings is 1. The van der Waals surface area contributed by atoms with Crippen molar-refractivity contribution in [3.63, 3.8) is 0 Å². The third kappa shape index (κ3) is 1.31. The van der Waals surface area contributed by atoms with E-state index in [9.17, 15) is 4.91 Å². The predicted octanol–water partition coefficient (Wildman–Crippen LogP) is 1.28. The van der Waals surface area contributed by atoms with Crippen LogP contribution < -0.4 is 5.84 Å². The van der Waals surface area contributed by atoms with Gasteiger partial charge >= 0.3 is 0 Å². The van der Waals surface area contributed by atoms with Gasteiger partial charge in [-0.25, -0.2) is 0 Å². The van der Waals surface area contributed by atoms with Gasteiger partial charge in [-0.1, -0.05) is 17.7 Å². The summed E-state index contributed by atoms with van der Waals surface area (Å²) in [4.78, 5) is 10.8. The third-order valence-electron chi connectivity index (χ3n) is 1.29. The Kier molecular flexibility index (Phi) is 1.67. The van der Waals surface area contributed by atoms with Crippen LogP contribution in [0.25, 0.3) is 0 Å². The van der Waals surface area contributed by atoms with Gasteiger partial charge in [0, 0.05) is 12.1 Å². The molecule has 0 amide bonds. The molecule has 0 heterocycles. The van der Waals surface area contributed by atoms with Gasteiger partial charge in [0.15, 0.2) is 4.87 Å². The van der Waals surface area contributed by atoms with E-state index < -0.39 is 0 Å². The summed E-state index contributed by atoms with van der Waals surface area (Å²) in [6, 6.07) is 7.05. The molecule has 0 saturated heterocycles. The molecule has 0 aromatic heterocycles. The third-order valence-corrected chi connectivity index (χ3v) is 1.29. The van der Waals surface area contributed by atoms with Gasteiger partial charge in [0.2, 0.25) is 0 Å². The summed E-state index contributed by atoms with van der Waals surface area (Å²) >= 11 is 0. The smallest absolute Gasteiger partial charge is 0.159 e. The van der Waals surface area contributed by atoms with Crippen LogP contribution in [0.1, 0.15) is 5.56 Å². The first kappa shape index (κ1) is 6.74. The molecule has 1 aromatic rings. The molecule has 3 heteroatoms. The van der Waals surface area contributed by atoms with Gasteiger partial charge in [-0.2, -0.15) is 5.84 Å². The average Bonchev–Trinajstić information content (AvgIpc) is 1.88. The van der Waals surface area contributed by atoms with E-state index in [0.29, 0.717) is 10.6 Å². The lowest BCUT2D eigenvalue weighted by molar-refractivity contribution is -0.474. The van der Waals surface area contributed by atoms with Crippen molar-refractivity contribution in [2.75, 3.05) is 0 Å². The van der Waals surface area contributed by atoms with Crippen LogP contribution in [0.15, 0.2) is 24.3 Å². The predicted molar refractivity (Wildman–Crippen MR) is 38.7 cm³/mol. The van der Waals surface area contributed by atoms with Crippen LogP contribution in [0.4, 0.5) is 5.69 Å². The normalized spacial score (nSPS) is 9.30. The van der Waals surface area contributed by atoms with Gasteiger partial charge in [-0.05, 0) is 6.92 Å². The molecule has 0 bridgehead atoms. The van der Waals surface area contributed by atoms with E-state index in [1.807, 2.05) is 19.1 Å². The van der Waals surface area contributed by atoms with E-state index in [0.717, 1.165) is 5.56 Å². The van der Waals surface area contributed by atoms with Gasteiger partial charge in [-0.3, -0.25) is 0 Å². The fourth-order valence-corrected chi connectivity index (χ4v) is 0.692. The van der Waals surface area contributed by atoms with Crippen molar-refractivity contribution in [2.24, 2.45) is 5.84 Å². The summed E-state index contributed by atoms with van der Waals surface area (Å²) in [6.07, 6.45) is 0. The number of rotatable bonds is 1. The SMILES string of the molecule is Cc1ccc([N+](N)=O)cc1. The Morgan fingerprint density at radius 3 is 2.20 bits per heavy atom. The Labute approximate surface area is 59.0 Å². The second-order valence-electron chi connectivity index (χ2n) is 2.16. The minimum Gasteiger partial charge on any atom is -0.159 e. The van der Waals surface area contributed by atoms with Gasteiger partial charge in [0.25, 0.3) is 5.69 Å². The van der Waals surface area contributed by atoms with Gasteiger partial charge in [0.1, 0.15) is 0 Å². The Morgan fingerprint density at radius 2 is 1.80 bits per heavy atom. The summed E-state index contributed by atoms with van der Waals surface area (Å²) in [5, 5.41) is 0. The first-order valence-electron chi connectivity index (χ1n) is 2.99. The molecule has 0 fully saturated rings. The summed E-state index contributed by atoms with van der Waals surface area (Å²) in [7, 11) is 0. The number of hydrogen-bond donors (Lipinski definition) is 1. The van der Waals surface area contributed by atoms with E-state index in [1.54, 1.807) is 12.1 Å². The summed E-state index contributed by atoms with van der Waals surface area (Å²) in [5.41, 5.74) is 1.59. The molecule has 0 aliphatic rings. The molecule has 1 rings (SSSR count). The Morgan fingerprint density at radius 1 is 1.30 bits per heavy atom. The van der Waals surface area contributed by atoms with Crippen LogP contribution in [0.3, 0.4) is 0 Å². The quantitative estimate of drug-likeness (QED) is 0.360. The molecule has 0 spiro atoms. The Hall–Kier alpha value is -1.38. The van der Waals surface area contributed by atoms with E-state index in [2.05, 4.69) is 0 Å². The highest BCUT2D eigenvalue weighted by Gasteiger charge is 2.04. The van der Waals surface area contributed by atoms with Crippen molar-refractivity contribution >= 4 is 5.69 Å². The van der Waals surface area contributed by atoms with Crippen LogP contribution in [-0.4, -0.2) is 4.87 Å². The van der Waals surface area contributed by atoms with Crippen LogP contribution in [-0.2, 0) is 0 Å². The lowest BCUT2D eigenvalue weighted by Gasteiger charge is -1.87. The van der Waals surface area contributed by atoms with E-state index in [-0.39, 0.29) is 0 Å². The minimum absolute atomic E-state index is 0.347. The second-order valence-corrected chi connectivity index (χ2v) is 2.16. The highest BCUT2D eigenvalue weighted by atomic mass is 16.3. The van der Waals surface area contributed by atoms with Crippen molar-refractivity contribution in [3.8, 4) is 0 Å². The van der Waals surface area contributed by atoms with E-state index in [1.165, 1.54) is 0 Å². The molecule has 0 unspecified atom stereocenters. The number of nitrogens with zero attached hydrogens (tertiary/aromatic N) is 1. The molecule has 0 radical (unpaired) electrons. The standard InChI is InChI=1S/C7H9N2O/c1-6-2-4-7(5-3-6)9(8)10/h2-5H,1H3,(H2,8,10)/q+1. The number of nitrogens with two attached hydrogens (primary N) is 1. The van der Waals surface area contributed by atoms with E-state index >= 15 is 0 Å². The number of nitroso groups, excluding NO2 is 1. The maximum Gasteiger partial charge on any atom is 0.291 e. The zero-order chi connectivity index (χ0) is 7.56. The molecular weight excluding hydrogens is 128 g/mol. The fraction of sp³-hybridized carbons (Fsp3) is 0.143. The molecular formula is C7H9N2O+. The van der Waals surface area contributed by atoms with Gasteiger partial charge < -0.3 is 0 Å². The topological polar surface area (TPSA) is 46.1 Å². The molecule has 0 saturated carbocycles. The van der Waals surface area contributed by atoms with Crippen molar-refractivity contribution < 1.29 is 4.87 Å². The molecule has 1 aromatic carbocycles. The van der Waals surface area contributed by atoms with Crippen LogP contribution in [0, 0.1) is 11.8 Å². The number of hydrazine groups is 1. The molecule has 0 aliphatic heterocycles. The average molecular weight is 137 g/mol. The molecule has 0 atom stereocenters.